The van der Waals surface area contributed by atoms with Gasteiger partial charge in [0.1, 0.15) is 0 Å². The molecule has 0 amide bonds. The zero-order chi connectivity index (χ0) is 18.1. The Kier molecular flexibility index (Phi) is 4.18. The highest BCUT2D eigenvalue weighted by Gasteiger charge is 2.11. The normalized spacial score (nSPS) is 11.8. The lowest BCUT2D eigenvalue weighted by Gasteiger charge is -2.00. The molecule has 6 heteroatoms. The third kappa shape index (κ3) is 3.07. The van der Waals surface area contributed by atoms with Gasteiger partial charge in [-0.05, 0) is 30.3 Å². The second-order valence-electron chi connectivity index (χ2n) is 5.84. The molecule has 2 N–H and O–H groups in total. The van der Waals surface area contributed by atoms with Gasteiger partial charge in [0.2, 0.25) is 0 Å². The minimum Gasteiger partial charge on any atom is -0.298 e. The van der Waals surface area contributed by atoms with Crippen LogP contribution in [0.5, 0.6) is 0 Å². The number of H-pyrrole nitrogens is 2. The molecule has 0 aliphatic rings. The van der Waals surface area contributed by atoms with Crippen LogP contribution in [-0.4, -0.2) is 20.0 Å². The molecule has 0 unspecified atom stereocenters. The molecular formula is C20H15BrN4O. The fourth-order valence-corrected chi connectivity index (χ4v) is 3.01. The van der Waals surface area contributed by atoms with E-state index in [0.29, 0.717) is 10.6 Å². The third-order valence-electron chi connectivity index (χ3n) is 4.08. The number of benzene rings is 2. The van der Waals surface area contributed by atoms with Crippen molar-refractivity contribution in [1.29, 1.82) is 0 Å². The van der Waals surface area contributed by atoms with Gasteiger partial charge in [0.05, 0.1) is 21.9 Å². The van der Waals surface area contributed by atoms with Crippen LogP contribution in [0.25, 0.3) is 29.6 Å². The molecule has 0 saturated carbocycles. The highest BCUT2D eigenvalue weighted by atomic mass is 79.9. The standard InChI is InChI=1S/C20H15BrN4O/c1-13-18(20(26)23-22-13)11-15-12-25(17-5-3-2-4-6-17)24-19(15)14-7-9-16(21)10-8-14/h2-12,22H,1H2,(H,23,26)/b18-11-. The summed E-state index contributed by atoms with van der Waals surface area (Å²) in [6.07, 6.45) is 3.72. The number of hydrogen-bond acceptors (Lipinski definition) is 2. The van der Waals surface area contributed by atoms with Gasteiger partial charge in [-0.2, -0.15) is 5.10 Å². The zero-order valence-corrected chi connectivity index (χ0v) is 15.3. The third-order valence-corrected chi connectivity index (χ3v) is 4.61. The number of nitrogens with one attached hydrogen (secondary N) is 2. The van der Waals surface area contributed by atoms with Crippen molar-refractivity contribution in [3.63, 3.8) is 0 Å². The van der Waals surface area contributed by atoms with E-state index in [1.807, 2.05) is 71.6 Å². The summed E-state index contributed by atoms with van der Waals surface area (Å²) in [5, 5.41) is 11.1. The van der Waals surface area contributed by atoms with Crippen molar-refractivity contribution in [2.75, 3.05) is 0 Å². The van der Waals surface area contributed by atoms with E-state index in [-0.39, 0.29) is 5.56 Å². The van der Waals surface area contributed by atoms with E-state index in [9.17, 15) is 4.79 Å². The van der Waals surface area contributed by atoms with Crippen LogP contribution >= 0.6 is 15.9 Å². The van der Waals surface area contributed by atoms with Crippen molar-refractivity contribution >= 4 is 28.6 Å². The van der Waals surface area contributed by atoms with Crippen molar-refractivity contribution < 1.29 is 0 Å². The Bertz CT molecular complexity index is 1190. The molecule has 0 aliphatic heterocycles. The van der Waals surface area contributed by atoms with Crippen LogP contribution in [0, 0.1) is 0 Å². The molecule has 0 atom stereocenters. The lowest BCUT2D eigenvalue weighted by Crippen LogP contribution is -2.32. The topological polar surface area (TPSA) is 66.5 Å². The number of para-hydroxylation sites is 1. The lowest BCUT2D eigenvalue weighted by molar-refractivity contribution is 0.884. The van der Waals surface area contributed by atoms with E-state index < -0.39 is 0 Å². The fraction of sp³-hybridized carbons (Fsp3) is 0. The summed E-state index contributed by atoms with van der Waals surface area (Å²) in [4.78, 5) is 12.0. The van der Waals surface area contributed by atoms with Gasteiger partial charge in [-0.15, -0.1) is 0 Å². The largest absolute Gasteiger partial charge is 0.298 e. The van der Waals surface area contributed by atoms with Gasteiger partial charge in [-0.3, -0.25) is 15.0 Å². The monoisotopic (exact) mass is 406 g/mol. The van der Waals surface area contributed by atoms with Crippen molar-refractivity contribution in [2.45, 2.75) is 0 Å². The molecule has 2 aromatic carbocycles. The van der Waals surface area contributed by atoms with Gasteiger partial charge >= 0.3 is 0 Å². The van der Waals surface area contributed by atoms with Crippen LogP contribution in [0.3, 0.4) is 0 Å². The minimum absolute atomic E-state index is 0.204. The Morgan fingerprint density at radius 1 is 1.04 bits per heavy atom. The smallest absolute Gasteiger partial charge is 0.271 e. The average molecular weight is 407 g/mol. The molecule has 0 bridgehead atoms. The highest BCUT2D eigenvalue weighted by Crippen LogP contribution is 2.25. The number of hydrogen-bond donors (Lipinski definition) is 2. The summed E-state index contributed by atoms with van der Waals surface area (Å²) >= 11 is 3.45. The van der Waals surface area contributed by atoms with Crippen molar-refractivity contribution in [3.8, 4) is 16.9 Å². The number of rotatable bonds is 3. The van der Waals surface area contributed by atoms with Gasteiger partial charge in [0, 0.05) is 21.8 Å². The molecule has 0 radical (unpaired) electrons. The van der Waals surface area contributed by atoms with Gasteiger partial charge in [-0.1, -0.05) is 52.8 Å². The van der Waals surface area contributed by atoms with Crippen molar-refractivity contribution in [1.82, 2.24) is 20.0 Å². The predicted octanol–water partition coefficient (Wildman–Crippen LogP) is 2.56. The van der Waals surface area contributed by atoms with Crippen LogP contribution < -0.4 is 16.1 Å². The molecule has 0 saturated heterocycles. The van der Waals surface area contributed by atoms with E-state index in [0.717, 1.165) is 27.0 Å². The molecule has 0 aliphatic carbocycles. The fourth-order valence-electron chi connectivity index (χ4n) is 2.75. The molecule has 4 aromatic rings. The maximum Gasteiger partial charge on any atom is 0.271 e. The summed E-state index contributed by atoms with van der Waals surface area (Å²) < 4.78 is 2.81. The van der Waals surface area contributed by atoms with Crippen LogP contribution in [0.2, 0.25) is 0 Å². The predicted molar refractivity (Wildman–Crippen MR) is 106 cm³/mol. The maximum atomic E-state index is 12.0. The molecule has 5 nitrogen and oxygen atoms in total. The lowest BCUT2D eigenvalue weighted by atomic mass is 10.1. The number of halogens is 1. The van der Waals surface area contributed by atoms with Gasteiger partial charge in [-0.25, -0.2) is 4.68 Å². The van der Waals surface area contributed by atoms with E-state index in [1.165, 1.54) is 0 Å². The Hall–Kier alpha value is -3.12. The van der Waals surface area contributed by atoms with Crippen LogP contribution in [0.4, 0.5) is 0 Å². The highest BCUT2D eigenvalue weighted by molar-refractivity contribution is 9.10. The van der Waals surface area contributed by atoms with E-state index in [4.69, 9.17) is 5.10 Å². The first kappa shape index (κ1) is 16.4. The summed E-state index contributed by atoms with van der Waals surface area (Å²) in [6, 6.07) is 17.8. The second-order valence-corrected chi connectivity index (χ2v) is 6.75. The average Bonchev–Trinajstić information content (AvgIpc) is 3.22. The summed E-state index contributed by atoms with van der Waals surface area (Å²) in [7, 11) is 0. The van der Waals surface area contributed by atoms with Crippen LogP contribution in [0.1, 0.15) is 5.56 Å². The molecule has 0 fully saturated rings. The van der Waals surface area contributed by atoms with E-state index in [1.54, 1.807) is 0 Å². The maximum absolute atomic E-state index is 12.0. The first-order valence-electron chi connectivity index (χ1n) is 8.00. The van der Waals surface area contributed by atoms with Crippen molar-refractivity contribution in [3.05, 3.63) is 91.8 Å². The number of nitrogens with zero attached hydrogens (tertiary/aromatic N) is 2. The summed E-state index contributed by atoms with van der Waals surface area (Å²) in [6.45, 7) is 3.87. The first-order chi connectivity index (χ1) is 12.6. The number of aromatic amines is 2. The molecule has 4 rings (SSSR count). The quantitative estimate of drug-likeness (QED) is 0.548. The van der Waals surface area contributed by atoms with Gasteiger partial charge < -0.3 is 0 Å². The molecule has 128 valence electrons. The zero-order valence-electron chi connectivity index (χ0n) is 13.7. The second kappa shape index (κ2) is 6.65. The molecular weight excluding hydrogens is 392 g/mol. The van der Waals surface area contributed by atoms with Gasteiger partial charge in [0.15, 0.2) is 0 Å². The molecule has 2 heterocycles. The van der Waals surface area contributed by atoms with Gasteiger partial charge in [0.25, 0.3) is 5.56 Å². The first-order valence-corrected chi connectivity index (χ1v) is 8.79. The Morgan fingerprint density at radius 2 is 1.77 bits per heavy atom. The Balaban J connectivity index is 1.96. The van der Waals surface area contributed by atoms with E-state index >= 15 is 0 Å². The summed E-state index contributed by atoms with van der Waals surface area (Å²) in [5.74, 6) is 0. The van der Waals surface area contributed by atoms with E-state index in [2.05, 4.69) is 32.7 Å². The summed E-state index contributed by atoms with van der Waals surface area (Å²) in [5.41, 5.74) is 3.34. The Morgan fingerprint density at radius 3 is 2.42 bits per heavy atom. The molecule has 0 spiro atoms. The molecule has 26 heavy (non-hydrogen) atoms. The van der Waals surface area contributed by atoms with Crippen LogP contribution in [-0.2, 0) is 0 Å². The van der Waals surface area contributed by atoms with Crippen molar-refractivity contribution in [2.24, 2.45) is 0 Å². The molecule has 2 aromatic heterocycles. The SMILES string of the molecule is C=c1[nH][nH]c(=O)/c1=C\c1cn(-c2ccccc2)nc1-c1ccc(Br)cc1. The Labute approximate surface area is 157 Å². The van der Waals surface area contributed by atoms with Crippen LogP contribution in [0.15, 0.2) is 70.1 Å². The number of aromatic nitrogens is 4. The minimum atomic E-state index is -0.204.